The molecule has 1 fully saturated rings. The van der Waals surface area contributed by atoms with Gasteiger partial charge in [-0.05, 0) is 30.5 Å². The van der Waals surface area contributed by atoms with Crippen molar-refractivity contribution in [2.75, 3.05) is 0 Å². The molecule has 1 aliphatic rings. The summed E-state index contributed by atoms with van der Waals surface area (Å²) in [6.45, 7) is 1.99. The number of rotatable bonds is 3. The van der Waals surface area contributed by atoms with Gasteiger partial charge in [0.1, 0.15) is 10.7 Å². The van der Waals surface area contributed by atoms with Gasteiger partial charge in [-0.3, -0.25) is 4.79 Å². The largest absolute Gasteiger partial charge is 0.349 e. The van der Waals surface area contributed by atoms with Crippen molar-refractivity contribution in [3.63, 3.8) is 0 Å². The summed E-state index contributed by atoms with van der Waals surface area (Å²) < 4.78 is 35.5. The van der Waals surface area contributed by atoms with Crippen LogP contribution in [0.3, 0.4) is 0 Å². The van der Waals surface area contributed by atoms with Crippen LogP contribution in [-0.2, 0) is 9.05 Å². The molecule has 2 unspecified atom stereocenters. The smallest absolute Gasteiger partial charge is 0.264 e. The Morgan fingerprint density at radius 1 is 1.50 bits per heavy atom. The van der Waals surface area contributed by atoms with Crippen molar-refractivity contribution in [3.05, 3.63) is 29.6 Å². The van der Waals surface area contributed by atoms with E-state index in [0.717, 1.165) is 18.6 Å². The first kappa shape index (κ1) is 13.3. The van der Waals surface area contributed by atoms with Crippen LogP contribution in [0.4, 0.5) is 4.39 Å². The van der Waals surface area contributed by atoms with Crippen LogP contribution in [0, 0.1) is 11.7 Å². The third-order valence-electron chi connectivity index (χ3n) is 2.88. The molecule has 2 atom stereocenters. The Hall–Kier alpha value is -1.14. The van der Waals surface area contributed by atoms with Crippen LogP contribution in [0.1, 0.15) is 23.7 Å². The minimum Gasteiger partial charge on any atom is -0.349 e. The summed E-state index contributed by atoms with van der Waals surface area (Å²) in [4.78, 5) is 11.1. The monoisotopic (exact) mass is 291 g/mol. The van der Waals surface area contributed by atoms with Gasteiger partial charge in [0.15, 0.2) is 0 Å². The maximum atomic E-state index is 13.3. The highest BCUT2D eigenvalue weighted by Gasteiger charge is 2.34. The summed E-state index contributed by atoms with van der Waals surface area (Å²) in [6, 6.07) is 3.20. The lowest BCUT2D eigenvalue weighted by Crippen LogP contribution is -2.26. The topological polar surface area (TPSA) is 63.2 Å². The van der Waals surface area contributed by atoms with Gasteiger partial charge in [-0.25, -0.2) is 12.8 Å². The van der Waals surface area contributed by atoms with E-state index < -0.39 is 25.7 Å². The Labute approximate surface area is 109 Å². The van der Waals surface area contributed by atoms with Gasteiger partial charge < -0.3 is 5.32 Å². The number of carbonyl (C=O) groups excluding carboxylic acids is 1. The standard InChI is InChI=1S/C11H11ClFNO3S/c1-6-4-9(6)14-11(15)7-2-3-8(13)10(5-7)18(12,16)17/h2-3,5-6,9H,4H2,1H3,(H,14,15). The third-order valence-corrected chi connectivity index (χ3v) is 4.22. The second-order valence-corrected chi connectivity index (χ2v) is 6.91. The summed E-state index contributed by atoms with van der Waals surface area (Å²) in [5.74, 6) is -0.974. The first-order valence-electron chi connectivity index (χ1n) is 5.34. The highest BCUT2D eigenvalue weighted by molar-refractivity contribution is 8.13. The molecule has 1 aromatic rings. The summed E-state index contributed by atoms with van der Waals surface area (Å²) in [5, 5.41) is 2.72. The molecule has 0 aliphatic heterocycles. The van der Waals surface area contributed by atoms with Crippen molar-refractivity contribution in [1.82, 2.24) is 5.32 Å². The lowest BCUT2D eigenvalue weighted by Gasteiger charge is -2.05. The molecular formula is C11H11ClFNO3S. The minimum absolute atomic E-state index is 0.0784. The number of halogens is 2. The van der Waals surface area contributed by atoms with Gasteiger partial charge in [0.2, 0.25) is 0 Å². The van der Waals surface area contributed by atoms with Gasteiger partial charge in [-0.1, -0.05) is 6.92 Å². The number of hydrogen-bond donors (Lipinski definition) is 1. The predicted octanol–water partition coefficient (Wildman–Crippen LogP) is 1.89. The van der Waals surface area contributed by atoms with Crippen molar-refractivity contribution in [3.8, 4) is 0 Å². The Kier molecular flexibility index (Phi) is 3.33. The van der Waals surface area contributed by atoms with E-state index in [4.69, 9.17) is 10.7 Å². The second kappa shape index (κ2) is 4.51. The molecule has 0 spiro atoms. The number of carbonyl (C=O) groups is 1. The first-order valence-corrected chi connectivity index (χ1v) is 7.65. The zero-order valence-corrected chi connectivity index (χ0v) is 11.1. The van der Waals surface area contributed by atoms with Gasteiger partial charge in [0.25, 0.3) is 15.0 Å². The molecule has 4 nitrogen and oxygen atoms in total. The van der Waals surface area contributed by atoms with E-state index in [1.165, 1.54) is 6.07 Å². The fraction of sp³-hybridized carbons (Fsp3) is 0.364. The molecule has 98 valence electrons. The summed E-state index contributed by atoms with van der Waals surface area (Å²) in [5.41, 5.74) is 0.0784. The van der Waals surface area contributed by atoms with Gasteiger partial charge in [-0.15, -0.1) is 0 Å². The van der Waals surface area contributed by atoms with E-state index in [1.807, 2.05) is 6.92 Å². The molecule has 1 saturated carbocycles. The quantitative estimate of drug-likeness (QED) is 0.865. The number of amides is 1. The molecular weight excluding hydrogens is 281 g/mol. The first-order chi connectivity index (χ1) is 8.29. The molecule has 1 aromatic carbocycles. The van der Waals surface area contributed by atoms with E-state index >= 15 is 0 Å². The lowest BCUT2D eigenvalue weighted by atomic mass is 10.2. The van der Waals surface area contributed by atoms with Gasteiger partial charge >= 0.3 is 0 Å². The van der Waals surface area contributed by atoms with Crippen LogP contribution in [-0.4, -0.2) is 20.4 Å². The average Bonchev–Trinajstić information content (AvgIpc) is 2.93. The fourth-order valence-electron chi connectivity index (χ4n) is 1.61. The SMILES string of the molecule is CC1CC1NC(=O)c1ccc(F)c(S(=O)(=O)Cl)c1. The van der Waals surface area contributed by atoms with E-state index in [-0.39, 0.29) is 11.6 Å². The molecule has 0 radical (unpaired) electrons. The zero-order valence-electron chi connectivity index (χ0n) is 9.48. The van der Waals surface area contributed by atoms with Crippen molar-refractivity contribution in [2.24, 2.45) is 5.92 Å². The van der Waals surface area contributed by atoms with Crippen LogP contribution >= 0.6 is 10.7 Å². The van der Waals surface area contributed by atoms with Crippen LogP contribution < -0.4 is 5.32 Å². The molecule has 18 heavy (non-hydrogen) atoms. The van der Waals surface area contributed by atoms with Crippen LogP contribution in [0.2, 0.25) is 0 Å². The molecule has 1 amide bonds. The van der Waals surface area contributed by atoms with Gasteiger partial charge in [-0.2, -0.15) is 0 Å². The molecule has 0 aromatic heterocycles. The molecule has 7 heteroatoms. The lowest BCUT2D eigenvalue weighted by molar-refractivity contribution is 0.0949. The second-order valence-electron chi connectivity index (χ2n) is 4.38. The van der Waals surface area contributed by atoms with Crippen LogP contribution in [0.15, 0.2) is 23.1 Å². The number of benzene rings is 1. The summed E-state index contributed by atoms with van der Waals surface area (Å²) in [6.07, 6.45) is 0.896. The van der Waals surface area contributed by atoms with Crippen molar-refractivity contribution in [2.45, 2.75) is 24.3 Å². The van der Waals surface area contributed by atoms with Crippen molar-refractivity contribution in [1.29, 1.82) is 0 Å². The maximum absolute atomic E-state index is 13.3. The Bertz CT molecular complexity index is 602. The van der Waals surface area contributed by atoms with Crippen LogP contribution in [0.25, 0.3) is 0 Å². The van der Waals surface area contributed by atoms with Gasteiger partial charge in [0.05, 0.1) is 0 Å². The highest BCUT2D eigenvalue weighted by atomic mass is 35.7. The molecule has 1 aliphatic carbocycles. The van der Waals surface area contributed by atoms with E-state index in [1.54, 1.807) is 0 Å². The van der Waals surface area contributed by atoms with E-state index in [0.29, 0.717) is 5.92 Å². The number of hydrogen-bond acceptors (Lipinski definition) is 3. The third kappa shape index (κ3) is 2.81. The minimum atomic E-state index is -4.20. The molecule has 2 rings (SSSR count). The van der Waals surface area contributed by atoms with Crippen LogP contribution in [0.5, 0.6) is 0 Å². The zero-order chi connectivity index (χ0) is 13.5. The average molecular weight is 292 g/mol. The Balaban J connectivity index is 2.27. The fourth-order valence-corrected chi connectivity index (χ4v) is 2.53. The van der Waals surface area contributed by atoms with E-state index in [9.17, 15) is 17.6 Å². The molecule has 1 N–H and O–H groups in total. The molecule has 0 saturated heterocycles. The Morgan fingerprint density at radius 3 is 2.61 bits per heavy atom. The summed E-state index contributed by atoms with van der Waals surface area (Å²) in [7, 11) is 0.886. The van der Waals surface area contributed by atoms with Crippen molar-refractivity contribution < 1.29 is 17.6 Å². The van der Waals surface area contributed by atoms with Gasteiger partial charge in [0, 0.05) is 22.3 Å². The normalized spacial score (nSPS) is 22.6. The molecule has 0 bridgehead atoms. The number of nitrogens with one attached hydrogen (secondary N) is 1. The summed E-state index contributed by atoms with van der Waals surface area (Å²) >= 11 is 0. The van der Waals surface area contributed by atoms with Crippen molar-refractivity contribution >= 4 is 25.6 Å². The predicted molar refractivity (Wildman–Crippen MR) is 64.5 cm³/mol. The highest BCUT2D eigenvalue weighted by Crippen LogP contribution is 2.29. The Morgan fingerprint density at radius 2 is 2.11 bits per heavy atom. The van der Waals surface area contributed by atoms with E-state index in [2.05, 4.69) is 5.32 Å². The maximum Gasteiger partial charge on any atom is 0.264 e. The molecule has 0 heterocycles.